The molecule has 0 saturated carbocycles. The van der Waals surface area contributed by atoms with Crippen molar-refractivity contribution in [2.24, 2.45) is 5.10 Å². The summed E-state index contributed by atoms with van der Waals surface area (Å²) in [6.45, 7) is 3.88. The summed E-state index contributed by atoms with van der Waals surface area (Å²) in [5.74, 6) is 0.0346. The smallest absolute Gasteiger partial charge is 0.344 e. The molecule has 1 N–H and O–H groups in total. The van der Waals surface area contributed by atoms with Crippen LogP contribution >= 0.6 is 27.3 Å². The van der Waals surface area contributed by atoms with Crippen LogP contribution in [0.15, 0.2) is 27.1 Å². The lowest BCUT2D eigenvalue weighted by molar-refractivity contribution is -0.145. The standard InChI is InChI=1S/C19H22BrN3O6S/c1-4-27-16(24)8-13-11-30-19(22-13)23-21-9-12-6-14(20)18(15(7-12)26-3)29-10-17(25)28-5-2/h6-7,9,11H,4-5,8,10H2,1-3H3,(H,22,23). The van der Waals surface area contributed by atoms with Gasteiger partial charge in [0.2, 0.25) is 5.13 Å². The number of hydrogen-bond acceptors (Lipinski definition) is 10. The first-order chi connectivity index (χ1) is 14.5. The van der Waals surface area contributed by atoms with Crippen LogP contribution in [0.1, 0.15) is 25.1 Å². The monoisotopic (exact) mass is 499 g/mol. The molecule has 1 heterocycles. The van der Waals surface area contributed by atoms with Crippen molar-refractivity contribution in [1.82, 2.24) is 4.98 Å². The van der Waals surface area contributed by atoms with Gasteiger partial charge in [0, 0.05) is 5.38 Å². The molecule has 1 aromatic heterocycles. The van der Waals surface area contributed by atoms with E-state index in [1.54, 1.807) is 37.6 Å². The van der Waals surface area contributed by atoms with Gasteiger partial charge in [-0.1, -0.05) is 0 Å². The highest BCUT2D eigenvalue weighted by molar-refractivity contribution is 9.10. The fourth-order valence-corrected chi connectivity index (χ4v) is 3.48. The molecule has 0 saturated heterocycles. The van der Waals surface area contributed by atoms with Crippen molar-refractivity contribution >= 4 is 50.6 Å². The normalized spacial score (nSPS) is 10.7. The summed E-state index contributed by atoms with van der Waals surface area (Å²) in [6.07, 6.45) is 1.70. The fourth-order valence-electron chi connectivity index (χ4n) is 2.25. The van der Waals surface area contributed by atoms with Crippen molar-refractivity contribution < 1.29 is 28.5 Å². The van der Waals surface area contributed by atoms with E-state index in [1.165, 1.54) is 18.4 Å². The molecular formula is C19H22BrN3O6S. The van der Waals surface area contributed by atoms with Gasteiger partial charge < -0.3 is 18.9 Å². The first kappa shape index (κ1) is 23.6. The Morgan fingerprint density at radius 2 is 1.97 bits per heavy atom. The average molecular weight is 500 g/mol. The van der Waals surface area contributed by atoms with Gasteiger partial charge in [-0.15, -0.1) is 11.3 Å². The maximum absolute atomic E-state index is 11.5. The number of nitrogens with one attached hydrogen (secondary N) is 1. The number of methoxy groups -OCH3 is 1. The topological polar surface area (TPSA) is 108 Å². The first-order valence-corrected chi connectivity index (χ1v) is 10.7. The summed E-state index contributed by atoms with van der Waals surface area (Å²) in [5, 5.41) is 6.47. The molecular weight excluding hydrogens is 478 g/mol. The van der Waals surface area contributed by atoms with Crippen molar-refractivity contribution in [3.8, 4) is 11.5 Å². The number of esters is 2. The highest BCUT2D eigenvalue weighted by atomic mass is 79.9. The third kappa shape index (κ3) is 7.30. The lowest BCUT2D eigenvalue weighted by atomic mass is 10.2. The van der Waals surface area contributed by atoms with Gasteiger partial charge in [0.25, 0.3) is 0 Å². The van der Waals surface area contributed by atoms with E-state index in [4.69, 9.17) is 18.9 Å². The Hall–Kier alpha value is -2.66. The van der Waals surface area contributed by atoms with Crippen LogP contribution in [-0.2, 0) is 25.5 Å². The molecule has 0 bridgehead atoms. The number of carbonyl (C=O) groups excluding carboxylic acids is 2. The van der Waals surface area contributed by atoms with E-state index in [0.717, 1.165) is 5.56 Å². The molecule has 0 aliphatic heterocycles. The molecule has 30 heavy (non-hydrogen) atoms. The third-order valence-electron chi connectivity index (χ3n) is 3.45. The quantitative estimate of drug-likeness (QED) is 0.284. The Morgan fingerprint density at radius 1 is 1.23 bits per heavy atom. The zero-order valence-corrected chi connectivity index (χ0v) is 19.2. The van der Waals surface area contributed by atoms with Crippen LogP contribution in [0, 0.1) is 0 Å². The number of ether oxygens (including phenoxy) is 4. The number of hydrogen-bond donors (Lipinski definition) is 1. The molecule has 2 aromatic rings. The minimum absolute atomic E-state index is 0.118. The molecule has 9 nitrogen and oxygen atoms in total. The van der Waals surface area contributed by atoms with Gasteiger partial charge in [0.1, 0.15) is 0 Å². The Balaban J connectivity index is 2.00. The van der Waals surface area contributed by atoms with E-state index >= 15 is 0 Å². The van der Waals surface area contributed by atoms with Gasteiger partial charge in [0.15, 0.2) is 18.1 Å². The number of benzene rings is 1. The molecule has 0 aliphatic carbocycles. The maximum atomic E-state index is 11.5. The van der Waals surface area contributed by atoms with Crippen LogP contribution in [0.5, 0.6) is 11.5 Å². The highest BCUT2D eigenvalue weighted by Crippen LogP contribution is 2.36. The molecule has 0 aliphatic rings. The van der Waals surface area contributed by atoms with Gasteiger partial charge in [-0.05, 0) is 47.5 Å². The molecule has 0 amide bonds. The summed E-state index contributed by atoms with van der Waals surface area (Å²) in [4.78, 5) is 27.3. The van der Waals surface area contributed by atoms with Crippen LogP contribution in [0.2, 0.25) is 0 Å². The number of nitrogens with zero attached hydrogens (tertiary/aromatic N) is 2. The summed E-state index contributed by atoms with van der Waals surface area (Å²) in [7, 11) is 1.50. The predicted molar refractivity (Wildman–Crippen MR) is 116 cm³/mol. The minimum Gasteiger partial charge on any atom is -0.493 e. The molecule has 11 heteroatoms. The fraction of sp³-hybridized carbons (Fsp3) is 0.368. The van der Waals surface area contributed by atoms with E-state index in [-0.39, 0.29) is 25.6 Å². The van der Waals surface area contributed by atoms with Gasteiger partial charge in [-0.25, -0.2) is 9.78 Å². The Kier molecular flexibility index (Phi) is 9.55. The predicted octanol–water partition coefficient (Wildman–Crippen LogP) is 3.41. The summed E-state index contributed by atoms with van der Waals surface area (Å²) in [5.41, 5.74) is 4.16. The molecule has 1 aromatic carbocycles. The molecule has 0 unspecified atom stereocenters. The van der Waals surface area contributed by atoms with Gasteiger partial charge >= 0.3 is 11.9 Å². The largest absolute Gasteiger partial charge is 0.493 e. The van der Waals surface area contributed by atoms with Crippen LogP contribution in [0.3, 0.4) is 0 Å². The van der Waals surface area contributed by atoms with E-state index < -0.39 is 5.97 Å². The summed E-state index contributed by atoms with van der Waals surface area (Å²) >= 11 is 4.74. The summed E-state index contributed by atoms with van der Waals surface area (Å²) < 4.78 is 21.2. The zero-order chi connectivity index (χ0) is 21.9. The number of anilines is 1. The van der Waals surface area contributed by atoms with Crippen LogP contribution in [-0.4, -0.2) is 50.1 Å². The van der Waals surface area contributed by atoms with E-state index in [0.29, 0.717) is 33.4 Å². The molecule has 162 valence electrons. The lowest BCUT2D eigenvalue weighted by Crippen LogP contribution is -2.15. The second-order valence-corrected chi connectivity index (χ2v) is 7.34. The number of rotatable bonds is 11. The van der Waals surface area contributed by atoms with Gasteiger partial charge in [-0.2, -0.15) is 5.10 Å². The average Bonchev–Trinajstić information content (AvgIpc) is 3.14. The third-order valence-corrected chi connectivity index (χ3v) is 4.83. The van der Waals surface area contributed by atoms with E-state index in [2.05, 4.69) is 31.4 Å². The van der Waals surface area contributed by atoms with Crippen molar-refractivity contribution in [1.29, 1.82) is 0 Å². The Morgan fingerprint density at radius 3 is 2.67 bits per heavy atom. The van der Waals surface area contributed by atoms with Gasteiger partial charge in [-0.3, -0.25) is 10.2 Å². The number of aromatic nitrogens is 1. The Labute approximate surface area is 186 Å². The highest BCUT2D eigenvalue weighted by Gasteiger charge is 2.14. The van der Waals surface area contributed by atoms with E-state index in [1.807, 2.05) is 0 Å². The van der Waals surface area contributed by atoms with Crippen molar-refractivity contribution in [3.63, 3.8) is 0 Å². The zero-order valence-electron chi connectivity index (χ0n) is 16.8. The SMILES string of the molecule is CCOC(=O)COc1c(Br)cc(C=NNc2nc(CC(=O)OCC)cs2)cc1OC. The molecule has 2 rings (SSSR count). The summed E-state index contributed by atoms with van der Waals surface area (Å²) in [6, 6.07) is 3.48. The second kappa shape index (κ2) is 12.1. The van der Waals surface area contributed by atoms with Crippen molar-refractivity contribution in [3.05, 3.63) is 33.2 Å². The molecule has 0 atom stereocenters. The van der Waals surface area contributed by atoms with Crippen LogP contribution in [0.4, 0.5) is 5.13 Å². The van der Waals surface area contributed by atoms with Gasteiger partial charge in [0.05, 0.1) is 43.1 Å². The maximum Gasteiger partial charge on any atom is 0.344 e. The molecule has 0 radical (unpaired) electrons. The first-order valence-electron chi connectivity index (χ1n) is 9.01. The number of hydrazone groups is 1. The van der Waals surface area contributed by atoms with Crippen LogP contribution in [0.25, 0.3) is 0 Å². The minimum atomic E-state index is -0.466. The van der Waals surface area contributed by atoms with Crippen molar-refractivity contribution in [2.75, 3.05) is 32.4 Å². The molecule has 0 spiro atoms. The van der Waals surface area contributed by atoms with Crippen molar-refractivity contribution in [2.45, 2.75) is 20.3 Å². The number of thiazole rings is 1. The lowest BCUT2D eigenvalue weighted by Gasteiger charge is -2.13. The van der Waals surface area contributed by atoms with Crippen LogP contribution < -0.4 is 14.9 Å². The Bertz CT molecular complexity index is 902. The molecule has 0 fully saturated rings. The second-order valence-electron chi connectivity index (χ2n) is 5.62. The number of carbonyl (C=O) groups is 2. The number of halogens is 1. The van der Waals surface area contributed by atoms with E-state index in [9.17, 15) is 9.59 Å².